The Morgan fingerprint density at radius 2 is 1.88 bits per heavy atom. The molecule has 1 spiro atoms. The van der Waals surface area contributed by atoms with Gasteiger partial charge in [0.1, 0.15) is 6.54 Å². The quantitative estimate of drug-likeness (QED) is 0.173. The van der Waals surface area contributed by atoms with Crippen LogP contribution in [0, 0.1) is 35.0 Å². The van der Waals surface area contributed by atoms with Crippen LogP contribution in [-0.2, 0) is 16.1 Å². The topological polar surface area (TPSA) is 76.4 Å². The van der Waals surface area contributed by atoms with Crippen molar-refractivity contribution in [3.63, 3.8) is 0 Å². The maximum Gasteiger partial charge on any atom is 0.312 e. The number of para-hydroxylation sites is 1. The van der Waals surface area contributed by atoms with Gasteiger partial charge >= 0.3 is 5.97 Å². The summed E-state index contributed by atoms with van der Waals surface area (Å²) in [6.45, 7) is 12.5. The van der Waals surface area contributed by atoms with Gasteiger partial charge in [0.05, 0.1) is 28.7 Å². The number of hydrogen-bond donors (Lipinski definition) is 2. The van der Waals surface area contributed by atoms with E-state index < -0.39 is 11.0 Å². The number of benzene rings is 1. The number of nitrogens with zero attached hydrogens (tertiary/aromatic N) is 1. The van der Waals surface area contributed by atoms with Crippen LogP contribution >= 0.6 is 0 Å². The molecule has 6 rings (SSSR count). The summed E-state index contributed by atoms with van der Waals surface area (Å²) in [4.78, 5) is 13.7. The molecule has 4 saturated carbocycles. The fourth-order valence-electron chi connectivity index (χ4n) is 10.3. The summed E-state index contributed by atoms with van der Waals surface area (Å²) in [6, 6.07) is 10.4. The minimum absolute atomic E-state index is 0.0252. The molecule has 1 aromatic heterocycles. The molecule has 6 atom stereocenters. The van der Waals surface area contributed by atoms with E-state index in [4.69, 9.17) is 10.5 Å². The maximum atomic E-state index is 13.7. The van der Waals surface area contributed by atoms with Gasteiger partial charge in [-0.05, 0) is 105 Å². The number of ether oxygens (including phenoxy) is 1. The average Bonchev–Trinajstić information content (AvgIpc) is 3.09. The van der Waals surface area contributed by atoms with Crippen LogP contribution in [0.1, 0.15) is 96.6 Å². The standard InChI is InChI=1S/C35H48N2O3/c1-24-22-34-17-13-29-32(3,30(34)14-18-35(24,39)23-34)15-10-16-33(29,4)31(38)40-20-9-5-8-19-37-25(2)21-27(36)26-11-6-7-12-28(26)37/h6-7,11-12,21,29-30,36,39H,1,5,8-10,13-20,22-23H2,2-4H3/p+1/t29-,30-,32+,33+,34+,35-/m0/s1. The molecule has 0 aliphatic heterocycles. The molecule has 0 radical (unpaired) electrons. The number of nitrogens with two attached hydrogens (primary N) is 1. The summed E-state index contributed by atoms with van der Waals surface area (Å²) in [5.41, 5.74) is 9.76. The average molecular weight is 546 g/mol. The lowest BCUT2D eigenvalue weighted by molar-refractivity contribution is -0.677. The van der Waals surface area contributed by atoms with E-state index in [1.54, 1.807) is 0 Å². The normalized spacial score (nSPS) is 36.8. The number of fused-ring (bicyclic) bond motifs is 4. The molecule has 4 aliphatic rings. The second-order valence-electron chi connectivity index (χ2n) is 14.4. The first-order chi connectivity index (χ1) is 19.0. The van der Waals surface area contributed by atoms with E-state index in [1.807, 2.05) is 6.07 Å². The van der Waals surface area contributed by atoms with Gasteiger partial charge < -0.3 is 15.6 Å². The van der Waals surface area contributed by atoms with Crippen LogP contribution in [0.25, 0.3) is 10.9 Å². The Labute approximate surface area is 240 Å². The highest BCUT2D eigenvalue weighted by atomic mass is 16.5. The zero-order chi connectivity index (χ0) is 28.3. The number of nitrogen functional groups attached to an aromatic ring is 1. The van der Waals surface area contributed by atoms with E-state index in [2.05, 4.69) is 56.2 Å². The number of aliphatic hydroxyl groups is 1. The highest BCUT2D eigenvalue weighted by molar-refractivity contribution is 5.87. The Balaban J connectivity index is 1.06. The lowest BCUT2D eigenvalue weighted by Gasteiger charge is -2.63. The molecular weight excluding hydrogens is 496 g/mol. The van der Waals surface area contributed by atoms with Gasteiger partial charge in [0.15, 0.2) is 5.69 Å². The lowest BCUT2D eigenvalue weighted by Crippen LogP contribution is -2.59. The zero-order valence-corrected chi connectivity index (χ0v) is 24.9. The molecule has 216 valence electrons. The van der Waals surface area contributed by atoms with E-state index in [1.165, 1.54) is 17.6 Å². The molecule has 4 aliphatic carbocycles. The number of anilines is 1. The van der Waals surface area contributed by atoms with Crippen LogP contribution in [0.3, 0.4) is 0 Å². The molecule has 4 fully saturated rings. The fraction of sp³-hybridized carbons (Fsp3) is 0.657. The lowest BCUT2D eigenvalue weighted by atomic mass is 9.41. The van der Waals surface area contributed by atoms with E-state index in [0.717, 1.165) is 93.8 Å². The van der Waals surface area contributed by atoms with Crippen LogP contribution in [-0.4, -0.2) is 23.3 Å². The number of carbonyl (C=O) groups excluding carboxylic acids is 1. The van der Waals surface area contributed by atoms with Crippen molar-refractivity contribution >= 4 is 22.6 Å². The first-order valence-corrected chi connectivity index (χ1v) is 15.8. The molecule has 0 unspecified atom stereocenters. The smallest absolute Gasteiger partial charge is 0.312 e. The summed E-state index contributed by atoms with van der Waals surface area (Å²) in [6.07, 6.45) is 12.1. The number of aromatic nitrogens is 1. The first-order valence-electron chi connectivity index (χ1n) is 15.8. The molecule has 0 amide bonds. The summed E-state index contributed by atoms with van der Waals surface area (Å²) >= 11 is 0. The van der Waals surface area contributed by atoms with Crippen LogP contribution in [0.15, 0.2) is 42.5 Å². The van der Waals surface area contributed by atoms with Crippen LogP contribution in [0.2, 0.25) is 0 Å². The van der Waals surface area contributed by atoms with Crippen molar-refractivity contribution in [1.29, 1.82) is 0 Å². The van der Waals surface area contributed by atoms with Crippen LogP contribution in [0.4, 0.5) is 5.69 Å². The number of rotatable bonds is 7. The van der Waals surface area contributed by atoms with Crippen molar-refractivity contribution in [2.45, 2.75) is 110 Å². The van der Waals surface area contributed by atoms with Gasteiger partial charge in [0.2, 0.25) is 5.52 Å². The highest BCUT2D eigenvalue weighted by Gasteiger charge is 2.67. The minimum Gasteiger partial charge on any atom is -0.465 e. The number of aryl methyl sites for hydroxylation is 2. The Hall–Kier alpha value is -2.40. The van der Waals surface area contributed by atoms with E-state index in [9.17, 15) is 9.90 Å². The van der Waals surface area contributed by atoms with E-state index in [-0.39, 0.29) is 16.8 Å². The van der Waals surface area contributed by atoms with E-state index in [0.29, 0.717) is 18.4 Å². The van der Waals surface area contributed by atoms with Gasteiger partial charge in [-0.1, -0.05) is 32.1 Å². The van der Waals surface area contributed by atoms with Gasteiger partial charge in [-0.15, -0.1) is 0 Å². The third kappa shape index (κ3) is 4.21. The molecule has 0 saturated heterocycles. The second kappa shape index (κ2) is 9.86. The number of carbonyl (C=O) groups is 1. The zero-order valence-electron chi connectivity index (χ0n) is 24.9. The summed E-state index contributed by atoms with van der Waals surface area (Å²) in [7, 11) is 0. The molecular formula is C35H49N2O3+. The van der Waals surface area contributed by atoms with Gasteiger partial charge in [-0.2, -0.15) is 4.57 Å². The molecule has 40 heavy (non-hydrogen) atoms. The van der Waals surface area contributed by atoms with Crippen molar-refractivity contribution in [1.82, 2.24) is 0 Å². The molecule has 2 bridgehead atoms. The Kier molecular flexibility index (Phi) is 6.84. The van der Waals surface area contributed by atoms with Gasteiger partial charge in [-0.3, -0.25) is 4.79 Å². The van der Waals surface area contributed by atoms with Gasteiger partial charge in [-0.25, -0.2) is 0 Å². The predicted molar refractivity (Wildman–Crippen MR) is 159 cm³/mol. The maximum absolute atomic E-state index is 13.7. The Morgan fingerprint density at radius 3 is 2.70 bits per heavy atom. The molecule has 5 nitrogen and oxygen atoms in total. The van der Waals surface area contributed by atoms with Crippen LogP contribution < -0.4 is 10.3 Å². The summed E-state index contributed by atoms with van der Waals surface area (Å²) in [5, 5.41) is 12.3. The summed E-state index contributed by atoms with van der Waals surface area (Å²) in [5.74, 6) is 0.948. The van der Waals surface area contributed by atoms with Crippen molar-refractivity contribution < 1.29 is 19.2 Å². The molecule has 5 heteroatoms. The third-order valence-electron chi connectivity index (χ3n) is 12.2. The molecule has 3 N–H and O–H groups in total. The number of esters is 1. The molecule has 1 aromatic carbocycles. The molecule has 1 heterocycles. The van der Waals surface area contributed by atoms with Crippen molar-refractivity contribution in [3.05, 3.63) is 48.2 Å². The van der Waals surface area contributed by atoms with Crippen molar-refractivity contribution in [3.8, 4) is 0 Å². The predicted octanol–water partition coefficient (Wildman–Crippen LogP) is 6.82. The van der Waals surface area contributed by atoms with Gasteiger partial charge in [0, 0.05) is 25.5 Å². The van der Waals surface area contributed by atoms with Crippen molar-refractivity contribution in [2.24, 2.45) is 28.1 Å². The minimum atomic E-state index is -0.644. The first kappa shape index (κ1) is 27.8. The summed E-state index contributed by atoms with van der Waals surface area (Å²) < 4.78 is 8.40. The highest BCUT2D eigenvalue weighted by Crippen LogP contribution is 2.72. The van der Waals surface area contributed by atoms with Crippen LogP contribution in [0.5, 0.6) is 0 Å². The largest absolute Gasteiger partial charge is 0.465 e. The Morgan fingerprint density at radius 1 is 1.10 bits per heavy atom. The van der Waals surface area contributed by atoms with Gasteiger partial charge in [0.25, 0.3) is 0 Å². The Bertz CT molecular complexity index is 1340. The number of pyridine rings is 1. The monoisotopic (exact) mass is 545 g/mol. The fourth-order valence-corrected chi connectivity index (χ4v) is 10.3. The SMILES string of the molecule is C=C1C[C@@]23CC[C@H]4[C@@](C)(CCC[C@@]4(C)C(=O)OCCCCC[n+]4c(C)cc(N)c5ccccc54)[C@@H]2CC[C@]1(O)C3. The molecule has 2 aromatic rings. The van der Waals surface area contributed by atoms with E-state index >= 15 is 0 Å². The number of hydrogen-bond acceptors (Lipinski definition) is 4. The van der Waals surface area contributed by atoms with Crippen molar-refractivity contribution in [2.75, 3.05) is 12.3 Å². The third-order valence-corrected chi connectivity index (χ3v) is 12.2. The second-order valence-corrected chi connectivity index (χ2v) is 14.4. The number of unbranched alkanes of at least 4 members (excludes halogenated alkanes) is 2.